The van der Waals surface area contributed by atoms with Crippen LogP contribution < -0.4 is 10.2 Å². The third-order valence-corrected chi connectivity index (χ3v) is 4.98. The topological polar surface area (TPSA) is 74.2 Å². The van der Waals surface area contributed by atoms with Gasteiger partial charge in [0.05, 0.1) is 16.7 Å². The summed E-state index contributed by atoms with van der Waals surface area (Å²) in [5.41, 5.74) is -0.272. The Labute approximate surface area is 176 Å². The number of rotatable bonds is 4. The Kier molecular flexibility index (Phi) is 5.20. The van der Waals surface area contributed by atoms with Gasteiger partial charge in [0, 0.05) is 43.3 Å². The Morgan fingerprint density at radius 3 is 2.65 bits per heavy atom. The van der Waals surface area contributed by atoms with Crippen LogP contribution in [0.1, 0.15) is 30.7 Å². The number of benzene rings is 1. The lowest BCUT2D eigenvalue weighted by atomic mass is 10.0. The molecular weight excluding hydrogens is 414 g/mol. The molecule has 0 radical (unpaired) electrons. The molecule has 0 saturated heterocycles. The first-order valence-electron chi connectivity index (χ1n) is 9.73. The molecule has 1 aliphatic heterocycles. The molecule has 31 heavy (non-hydrogen) atoms. The van der Waals surface area contributed by atoms with E-state index < -0.39 is 23.2 Å². The van der Waals surface area contributed by atoms with Crippen molar-refractivity contribution in [3.8, 4) is 0 Å². The lowest BCUT2D eigenvalue weighted by Gasteiger charge is -2.30. The van der Waals surface area contributed by atoms with Crippen LogP contribution in [0.4, 0.5) is 29.3 Å². The van der Waals surface area contributed by atoms with E-state index in [4.69, 9.17) is 0 Å². The highest BCUT2D eigenvalue weighted by Crippen LogP contribution is 2.33. The zero-order chi connectivity index (χ0) is 22.4. The first-order valence-corrected chi connectivity index (χ1v) is 9.73. The summed E-state index contributed by atoms with van der Waals surface area (Å²) in [4.78, 5) is 14.7. The Morgan fingerprint density at radius 2 is 1.94 bits per heavy atom. The van der Waals surface area contributed by atoms with Crippen molar-refractivity contribution < 1.29 is 22.7 Å². The molecule has 2 aromatic heterocycles. The number of alkyl halides is 3. The molecule has 2 N–H and O–H groups in total. The molecule has 0 fully saturated rings. The molecule has 6 nitrogen and oxygen atoms in total. The molecule has 0 spiro atoms. The monoisotopic (exact) mass is 435 g/mol. The van der Waals surface area contributed by atoms with Gasteiger partial charge < -0.3 is 15.3 Å². The van der Waals surface area contributed by atoms with Crippen LogP contribution in [0.5, 0.6) is 0 Å². The van der Waals surface area contributed by atoms with E-state index in [1.54, 1.807) is 18.7 Å². The van der Waals surface area contributed by atoms with Crippen LogP contribution in [-0.4, -0.2) is 38.7 Å². The summed E-state index contributed by atoms with van der Waals surface area (Å²) in [6.07, 6.45) is -3.20. The molecule has 4 rings (SSSR count). The van der Waals surface area contributed by atoms with Gasteiger partial charge in [-0.2, -0.15) is 18.2 Å². The summed E-state index contributed by atoms with van der Waals surface area (Å²) >= 11 is 0. The fraction of sp³-hybridized carbons (Fsp3) is 0.381. The van der Waals surface area contributed by atoms with Gasteiger partial charge in [0.1, 0.15) is 11.6 Å². The zero-order valence-electron chi connectivity index (χ0n) is 17.0. The van der Waals surface area contributed by atoms with Gasteiger partial charge in [-0.15, -0.1) is 0 Å². The molecule has 164 valence electrons. The van der Waals surface area contributed by atoms with Gasteiger partial charge in [-0.1, -0.05) is 0 Å². The number of pyridine rings is 1. The lowest BCUT2D eigenvalue weighted by molar-refractivity contribution is -0.137. The molecule has 0 atom stereocenters. The van der Waals surface area contributed by atoms with Crippen molar-refractivity contribution in [3.05, 3.63) is 53.1 Å². The fourth-order valence-electron chi connectivity index (χ4n) is 3.46. The fourth-order valence-corrected chi connectivity index (χ4v) is 3.46. The predicted molar refractivity (Wildman–Crippen MR) is 108 cm³/mol. The number of nitrogens with one attached hydrogen (secondary N) is 1. The minimum atomic E-state index is -4.48. The van der Waals surface area contributed by atoms with E-state index in [1.165, 1.54) is 18.2 Å². The molecule has 0 unspecified atom stereocenters. The second-order valence-electron chi connectivity index (χ2n) is 8.20. The van der Waals surface area contributed by atoms with E-state index in [0.29, 0.717) is 40.9 Å². The maximum absolute atomic E-state index is 14.0. The highest BCUT2D eigenvalue weighted by molar-refractivity contribution is 5.90. The highest BCUT2D eigenvalue weighted by atomic mass is 19.4. The van der Waals surface area contributed by atoms with Crippen LogP contribution in [0.3, 0.4) is 0 Å². The van der Waals surface area contributed by atoms with Gasteiger partial charge in [-0.05, 0) is 43.7 Å². The van der Waals surface area contributed by atoms with E-state index in [1.807, 2.05) is 0 Å². The van der Waals surface area contributed by atoms with Crippen LogP contribution >= 0.6 is 0 Å². The van der Waals surface area contributed by atoms with Crippen molar-refractivity contribution in [2.45, 2.75) is 38.6 Å². The van der Waals surface area contributed by atoms with E-state index in [0.717, 1.165) is 12.3 Å². The lowest BCUT2D eigenvalue weighted by Crippen LogP contribution is -2.33. The van der Waals surface area contributed by atoms with Crippen molar-refractivity contribution in [2.24, 2.45) is 0 Å². The number of hydrogen-bond acceptors (Lipinski definition) is 6. The normalized spacial score (nSPS) is 14.6. The minimum Gasteiger partial charge on any atom is -0.389 e. The molecule has 1 aromatic carbocycles. The van der Waals surface area contributed by atoms with E-state index in [2.05, 4.69) is 20.3 Å². The number of hydrogen-bond donors (Lipinski definition) is 2. The van der Waals surface area contributed by atoms with Gasteiger partial charge in [-0.25, -0.2) is 9.37 Å². The van der Waals surface area contributed by atoms with E-state index in [-0.39, 0.29) is 19.0 Å². The maximum Gasteiger partial charge on any atom is 0.417 e. The van der Waals surface area contributed by atoms with Crippen LogP contribution in [0.2, 0.25) is 0 Å². The SMILES string of the molecule is CC(C)(O)CNc1nc(N2CCc3ncc(C(F)(F)F)cc3C2)c2cc(F)ccc2n1. The predicted octanol–water partition coefficient (Wildman–Crippen LogP) is 3.93. The standard InChI is InChI=1S/C21H21F4N5O/c1-20(2,31)11-27-19-28-17-4-3-14(22)8-15(17)18(29-19)30-6-5-16-12(10-30)7-13(9-26-16)21(23,24)25/h3-4,7-9,31H,5-6,10-11H2,1-2H3,(H,27,28,29). The molecule has 0 bridgehead atoms. The molecule has 3 aromatic rings. The Hall–Kier alpha value is -3.01. The number of fused-ring (bicyclic) bond motifs is 2. The summed E-state index contributed by atoms with van der Waals surface area (Å²) < 4.78 is 53.3. The number of aromatic nitrogens is 3. The number of nitrogens with zero attached hydrogens (tertiary/aromatic N) is 4. The molecule has 1 aliphatic rings. The third kappa shape index (κ3) is 4.68. The van der Waals surface area contributed by atoms with Gasteiger partial charge in [0.25, 0.3) is 0 Å². The Balaban J connectivity index is 1.74. The largest absolute Gasteiger partial charge is 0.417 e. The molecule has 0 amide bonds. The molecule has 0 aliphatic carbocycles. The first-order chi connectivity index (χ1) is 14.5. The minimum absolute atomic E-state index is 0.153. The molecular formula is C21H21F4N5O. The maximum atomic E-state index is 14.0. The smallest absolute Gasteiger partial charge is 0.389 e. The van der Waals surface area contributed by atoms with E-state index >= 15 is 0 Å². The number of halogens is 4. The molecule has 10 heteroatoms. The second kappa shape index (κ2) is 7.60. The Morgan fingerprint density at radius 1 is 1.16 bits per heavy atom. The first kappa shape index (κ1) is 21.2. The quantitative estimate of drug-likeness (QED) is 0.605. The van der Waals surface area contributed by atoms with Crippen LogP contribution in [0.15, 0.2) is 30.5 Å². The summed E-state index contributed by atoms with van der Waals surface area (Å²) in [5, 5.41) is 13.4. The van der Waals surface area contributed by atoms with Gasteiger partial charge in [-0.3, -0.25) is 4.98 Å². The zero-order valence-corrected chi connectivity index (χ0v) is 17.0. The van der Waals surface area contributed by atoms with Gasteiger partial charge >= 0.3 is 6.18 Å². The summed E-state index contributed by atoms with van der Waals surface area (Å²) in [6.45, 7) is 4.05. The number of anilines is 2. The van der Waals surface area contributed by atoms with Crippen molar-refractivity contribution in [3.63, 3.8) is 0 Å². The van der Waals surface area contributed by atoms with Crippen LogP contribution in [-0.2, 0) is 19.1 Å². The van der Waals surface area contributed by atoms with Gasteiger partial charge in [0.2, 0.25) is 5.95 Å². The summed E-state index contributed by atoms with van der Waals surface area (Å²) in [6, 6.07) is 5.21. The average molecular weight is 435 g/mol. The van der Waals surface area contributed by atoms with E-state index in [9.17, 15) is 22.7 Å². The highest BCUT2D eigenvalue weighted by Gasteiger charge is 2.33. The van der Waals surface area contributed by atoms with Crippen molar-refractivity contribution in [1.82, 2.24) is 15.0 Å². The van der Waals surface area contributed by atoms with Crippen molar-refractivity contribution >= 4 is 22.7 Å². The van der Waals surface area contributed by atoms with Crippen molar-refractivity contribution in [2.75, 3.05) is 23.3 Å². The third-order valence-electron chi connectivity index (χ3n) is 4.98. The summed E-state index contributed by atoms with van der Waals surface area (Å²) in [5.74, 6) is 0.183. The molecule has 0 saturated carbocycles. The Bertz CT molecular complexity index is 1130. The molecule has 3 heterocycles. The van der Waals surface area contributed by atoms with Gasteiger partial charge in [0.15, 0.2) is 0 Å². The average Bonchev–Trinajstić information content (AvgIpc) is 2.69. The van der Waals surface area contributed by atoms with Crippen molar-refractivity contribution in [1.29, 1.82) is 0 Å². The van der Waals surface area contributed by atoms with Crippen LogP contribution in [0, 0.1) is 5.82 Å². The van der Waals surface area contributed by atoms with Crippen LogP contribution in [0.25, 0.3) is 10.9 Å². The second-order valence-corrected chi connectivity index (χ2v) is 8.20. The number of aliphatic hydroxyl groups is 1. The summed E-state index contributed by atoms with van der Waals surface area (Å²) in [7, 11) is 0.